The van der Waals surface area contributed by atoms with Gasteiger partial charge >= 0.3 is 0 Å². The molecule has 0 amide bonds. The highest BCUT2D eigenvalue weighted by Gasteiger charge is 2.49. The minimum absolute atomic E-state index is 0.0315. The Morgan fingerprint density at radius 1 is 1.03 bits per heavy atom. The first-order chi connectivity index (χ1) is 15.0. The number of piperidine rings is 1. The van der Waals surface area contributed by atoms with Gasteiger partial charge in [0.2, 0.25) is 5.75 Å². The van der Waals surface area contributed by atoms with Crippen LogP contribution in [0.5, 0.6) is 17.2 Å². The van der Waals surface area contributed by atoms with Gasteiger partial charge in [-0.3, -0.25) is 4.90 Å². The van der Waals surface area contributed by atoms with E-state index in [1.54, 1.807) is 21.3 Å². The summed E-state index contributed by atoms with van der Waals surface area (Å²) < 4.78 is 16.8. The van der Waals surface area contributed by atoms with Crippen molar-refractivity contribution in [1.29, 1.82) is 0 Å². The van der Waals surface area contributed by atoms with E-state index in [0.29, 0.717) is 17.2 Å². The first-order valence-corrected chi connectivity index (χ1v) is 11.4. The molecule has 2 fully saturated rings. The Hall–Kier alpha value is -1.95. The number of benzene rings is 2. The van der Waals surface area contributed by atoms with Crippen LogP contribution < -0.4 is 14.2 Å². The molecule has 0 spiro atoms. The van der Waals surface area contributed by atoms with E-state index in [-0.39, 0.29) is 12.0 Å². The molecule has 6 heteroatoms. The van der Waals surface area contributed by atoms with Crippen molar-refractivity contribution >= 4 is 11.6 Å². The summed E-state index contributed by atoms with van der Waals surface area (Å²) >= 11 is 6.50. The molecule has 4 rings (SSSR count). The third kappa shape index (κ3) is 4.23. The van der Waals surface area contributed by atoms with Crippen LogP contribution >= 0.6 is 11.6 Å². The first-order valence-electron chi connectivity index (χ1n) is 11.0. The molecular weight excluding hydrogens is 414 g/mol. The van der Waals surface area contributed by atoms with Crippen molar-refractivity contribution < 1.29 is 19.3 Å². The summed E-state index contributed by atoms with van der Waals surface area (Å²) in [4.78, 5) is 2.45. The van der Waals surface area contributed by atoms with Gasteiger partial charge in [0.15, 0.2) is 11.5 Å². The zero-order valence-corrected chi connectivity index (χ0v) is 19.3. The molecule has 0 aromatic heterocycles. The van der Waals surface area contributed by atoms with Gasteiger partial charge in [-0.15, -0.1) is 0 Å². The molecule has 0 radical (unpaired) electrons. The zero-order chi connectivity index (χ0) is 22.0. The summed E-state index contributed by atoms with van der Waals surface area (Å²) in [6, 6.07) is 12.1. The maximum atomic E-state index is 11.6. The van der Waals surface area contributed by atoms with Crippen molar-refractivity contribution in [3.63, 3.8) is 0 Å². The smallest absolute Gasteiger partial charge is 0.203 e. The van der Waals surface area contributed by atoms with Gasteiger partial charge in [0, 0.05) is 30.1 Å². The predicted molar refractivity (Wildman–Crippen MR) is 122 cm³/mol. The summed E-state index contributed by atoms with van der Waals surface area (Å²) in [5.41, 5.74) is 1.54. The van der Waals surface area contributed by atoms with Crippen molar-refractivity contribution in [2.75, 3.05) is 27.9 Å². The topological polar surface area (TPSA) is 51.2 Å². The van der Waals surface area contributed by atoms with E-state index in [9.17, 15) is 5.11 Å². The summed E-state index contributed by atoms with van der Waals surface area (Å²) in [5, 5.41) is 12.3. The van der Waals surface area contributed by atoms with E-state index in [2.05, 4.69) is 11.0 Å². The van der Waals surface area contributed by atoms with Gasteiger partial charge in [-0.25, -0.2) is 0 Å². The fraction of sp³-hybridized carbons (Fsp3) is 0.520. The predicted octanol–water partition coefficient (Wildman–Crippen LogP) is 5.23. The number of fused-ring (bicyclic) bond motifs is 1. The van der Waals surface area contributed by atoms with E-state index < -0.39 is 5.60 Å². The molecule has 1 aliphatic heterocycles. The number of rotatable bonds is 6. The molecule has 0 bridgehead atoms. The quantitative estimate of drug-likeness (QED) is 0.659. The van der Waals surface area contributed by atoms with Crippen LogP contribution in [0.25, 0.3) is 0 Å². The van der Waals surface area contributed by atoms with Gasteiger partial charge in [0.25, 0.3) is 0 Å². The average Bonchev–Trinajstić information content (AvgIpc) is 2.79. The molecule has 1 N–H and O–H groups in total. The standard InChI is InChI=1S/C25H32ClNO4/c1-29-21-14-18(15-22(30-2)24(21)31-3)23-19-9-6-7-11-25(19,28)12-13-27(23)16-17-8-4-5-10-20(17)26/h4-5,8,10,14-15,19,23,28H,6-7,9,11-13,16H2,1-3H3/t19-,23-,25-/m0/s1. The van der Waals surface area contributed by atoms with E-state index >= 15 is 0 Å². The van der Waals surface area contributed by atoms with Crippen molar-refractivity contribution in [2.24, 2.45) is 5.92 Å². The van der Waals surface area contributed by atoms with Crippen LogP contribution in [0.15, 0.2) is 36.4 Å². The first kappa shape index (κ1) is 22.3. The van der Waals surface area contributed by atoms with Crippen LogP contribution in [0, 0.1) is 5.92 Å². The van der Waals surface area contributed by atoms with Gasteiger partial charge < -0.3 is 19.3 Å². The van der Waals surface area contributed by atoms with Crippen LogP contribution in [0.1, 0.15) is 49.3 Å². The zero-order valence-electron chi connectivity index (χ0n) is 18.6. The molecule has 168 valence electrons. The van der Waals surface area contributed by atoms with E-state index in [1.165, 1.54) is 0 Å². The number of methoxy groups -OCH3 is 3. The fourth-order valence-corrected chi connectivity index (χ4v) is 5.68. The molecule has 1 aliphatic carbocycles. The Bertz CT molecular complexity index is 895. The second kappa shape index (κ2) is 9.27. The molecule has 1 saturated carbocycles. The molecule has 2 aromatic carbocycles. The van der Waals surface area contributed by atoms with E-state index in [4.69, 9.17) is 25.8 Å². The van der Waals surface area contributed by atoms with Crippen molar-refractivity contribution in [1.82, 2.24) is 4.90 Å². The van der Waals surface area contributed by atoms with Crippen LogP contribution in [-0.2, 0) is 6.54 Å². The monoisotopic (exact) mass is 445 g/mol. The maximum Gasteiger partial charge on any atom is 0.203 e. The van der Waals surface area contributed by atoms with E-state index in [1.807, 2.05) is 30.3 Å². The van der Waals surface area contributed by atoms with Crippen molar-refractivity contribution in [3.05, 3.63) is 52.5 Å². The van der Waals surface area contributed by atoms with Gasteiger partial charge in [0.1, 0.15) is 0 Å². The molecule has 2 aliphatic rings. The normalized spacial score (nSPS) is 26.2. The van der Waals surface area contributed by atoms with Crippen molar-refractivity contribution in [2.45, 2.75) is 50.3 Å². The van der Waals surface area contributed by atoms with Crippen LogP contribution in [0.4, 0.5) is 0 Å². The van der Waals surface area contributed by atoms with Gasteiger partial charge in [0.05, 0.1) is 26.9 Å². The van der Waals surface area contributed by atoms with Crippen LogP contribution in [0.2, 0.25) is 5.02 Å². The second-order valence-corrected chi connectivity index (χ2v) is 9.08. The lowest BCUT2D eigenvalue weighted by Gasteiger charge is -2.53. The molecular formula is C25H32ClNO4. The average molecular weight is 446 g/mol. The third-order valence-electron chi connectivity index (χ3n) is 7.03. The Morgan fingerprint density at radius 3 is 2.39 bits per heavy atom. The lowest BCUT2D eigenvalue weighted by atomic mass is 9.66. The Labute approximate surface area is 189 Å². The Balaban J connectivity index is 1.79. The Kier molecular flexibility index (Phi) is 6.65. The Morgan fingerprint density at radius 2 is 1.74 bits per heavy atom. The number of likely N-dealkylation sites (tertiary alicyclic amines) is 1. The lowest BCUT2D eigenvalue weighted by molar-refractivity contribution is -0.126. The molecule has 1 saturated heterocycles. The van der Waals surface area contributed by atoms with Crippen molar-refractivity contribution in [3.8, 4) is 17.2 Å². The SMILES string of the molecule is COc1cc([C@H]2[C@@H]3CCCC[C@]3(O)CCN2Cc2ccccc2Cl)cc(OC)c1OC. The summed E-state index contributed by atoms with van der Waals surface area (Å²) in [5.74, 6) is 2.00. The number of halogens is 1. The number of nitrogens with zero attached hydrogens (tertiary/aromatic N) is 1. The molecule has 5 nitrogen and oxygen atoms in total. The second-order valence-electron chi connectivity index (χ2n) is 8.67. The van der Waals surface area contributed by atoms with E-state index in [0.717, 1.165) is 61.3 Å². The molecule has 3 atom stereocenters. The minimum atomic E-state index is -0.639. The van der Waals surface area contributed by atoms with Crippen LogP contribution in [0.3, 0.4) is 0 Å². The van der Waals surface area contributed by atoms with Gasteiger partial charge in [-0.1, -0.05) is 42.6 Å². The molecule has 1 heterocycles. The summed E-state index contributed by atoms with van der Waals surface area (Å²) in [6.45, 7) is 1.53. The number of hydrogen-bond acceptors (Lipinski definition) is 5. The summed E-state index contributed by atoms with van der Waals surface area (Å²) in [7, 11) is 4.89. The largest absolute Gasteiger partial charge is 0.493 e. The van der Waals surface area contributed by atoms with Gasteiger partial charge in [-0.2, -0.15) is 0 Å². The molecule has 0 unspecified atom stereocenters. The van der Waals surface area contributed by atoms with Crippen LogP contribution in [-0.4, -0.2) is 43.5 Å². The number of hydrogen-bond donors (Lipinski definition) is 1. The fourth-order valence-electron chi connectivity index (χ4n) is 5.48. The lowest BCUT2D eigenvalue weighted by Crippen LogP contribution is -2.54. The summed E-state index contributed by atoms with van der Waals surface area (Å²) in [6.07, 6.45) is 4.85. The highest BCUT2D eigenvalue weighted by Crippen LogP contribution is 2.52. The highest BCUT2D eigenvalue weighted by molar-refractivity contribution is 6.31. The number of ether oxygens (including phenoxy) is 3. The highest BCUT2D eigenvalue weighted by atomic mass is 35.5. The minimum Gasteiger partial charge on any atom is -0.493 e. The van der Waals surface area contributed by atoms with Gasteiger partial charge in [-0.05, 0) is 48.6 Å². The number of aliphatic hydroxyl groups is 1. The maximum absolute atomic E-state index is 11.6. The third-order valence-corrected chi connectivity index (χ3v) is 7.40. The molecule has 31 heavy (non-hydrogen) atoms. The molecule has 2 aromatic rings.